The molecule has 0 aromatic carbocycles. The molecule has 2 N–H and O–H groups in total. The highest BCUT2D eigenvalue weighted by atomic mass is 16.3. The molecule has 0 aromatic rings. The topological polar surface area (TPSA) is 35.5 Å². The normalized spacial score (nSPS) is 17.4. The van der Waals surface area contributed by atoms with E-state index in [-0.39, 0.29) is 6.10 Å². The fourth-order valence-corrected chi connectivity index (χ4v) is 1.72. The summed E-state index contributed by atoms with van der Waals surface area (Å²) < 4.78 is 0. The molecule has 3 unspecified atom stereocenters. The molecule has 0 aromatic heterocycles. The predicted molar refractivity (Wildman–Crippen MR) is 70.7 cm³/mol. The number of hydrogen-bond donors (Lipinski definition) is 2. The third-order valence-corrected chi connectivity index (χ3v) is 3.54. The van der Waals surface area contributed by atoms with Crippen LogP contribution in [0.25, 0.3) is 0 Å². The van der Waals surface area contributed by atoms with Gasteiger partial charge in [-0.25, -0.2) is 0 Å². The number of likely N-dealkylation sites (N-methyl/N-ethyl adjacent to an activating group) is 1. The summed E-state index contributed by atoms with van der Waals surface area (Å²) in [5.74, 6) is 0.667. The van der Waals surface area contributed by atoms with Crippen molar-refractivity contribution < 1.29 is 5.11 Å². The maximum Gasteiger partial charge on any atom is 0.0791 e. The Kier molecular flexibility index (Phi) is 8.90. The molecular formula is C13H30N2O. The van der Waals surface area contributed by atoms with E-state index in [1.165, 1.54) is 6.42 Å². The number of rotatable bonds is 9. The Morgan fingerprint density at radius 1 is 1.12 bits per heavy atom. The summed E-state index contributed by atoms with van der Waals surface area (Å²) in [6, 6.07) is 0.483. The van der Waals surface area contributed by atoms with E-state index in [0.717, 1.165) is 19.6 Å². The van der Waals surface area contributed by atoms with E-state index in [4.69, 9.17) is 0 Å². The lowest BCUT2D eigenvalue weighted by Gasteiger charge is -2.25. The summed E-state index contributed by atoms with van der Waals surface area (Å²) in [5, 5.41) is 13.3. The molecule has 0 heterocycles. The minimum absolute atomic E-state index is 0.258. The van der Waals surface area contributed by atoms with Gasteiger partial charge in [-0.2, -0.15) is 0 Å². The average Bonchev–Trinajstić information content (AvgIpc) is 2.31. The fourth-order valence-electron chi connectivity index (χ4n) is 1.72. The quantitative estimate of drug-likeness (QED) is 0.633. The molecule has 3 atom stereocenters. The Bertz CT molecular complexity index is 160. The summed E-state index contributed by atoms with van der Waals surface area (Å²) in [4.78, 5) is 2.25. The molecule has 0 amide bonds. The highest BCUT2D eigenvalue weighted by Crippen LogP contribution is 2.06. The van der Waals surface area contributed by atoms with Gasteiger partial charge in [0, 0.05) is 19.1 Å². The van der Waals surface area contributed by atoms with Crippen LogP contribution in [-0.4, -0.2) is 48.3 Å². The van der Waals surface area contributed by atoms with E-state index < -0.39 is 0 Å². The van der Waals surface area contributed by atoms with Crippen molar-refractivity contribution in [2.75, 3.05) is 26.2 Å². The molecule has 0 saturated carbocycles. The second-order valence-corrected chi connectivity index (χ2v) is 4.72. The van der Waals surface area contributed by atoms with Crippen molar-refractivity contribution in [2.24, 2.45) is 5.92 Å². The van der Waals surface area contributed by atoms with E-state index in [0.29, 0.717) is 18.5 Å². The summed E-state index contributed by atoms with van der Waals surface area (Å²) in [7, 11) is 0. The zero-order valence-electron chi connectivity index (χ0n) is 11.7. The van der Waals surface area contributed by atoms with E-state index in [2.05, 4.69) is 44.8 Å². The van der Waals surface area contributed by atoms with Gasteiger partial charge in [-0.05, 0) is 25.9 Å². The Morgan fingerprint density at radius 2 is 1.69 bits per heavy atom. The van der Waals surface area contributed by atoms with Crippen LogP contribution in [0, 0.1) is 5.92 Å². The van der Waals surface area contributed by atoms with Gasteiger partial charge in [0.2, 0.25) is 0 Å². The second kappa shape index (κ2) is 8.97. The maximum absolute atomic E-state index is 9.88. The zero-order chi connectivity index (χ0) is 12.6. The third-order valence-electron chi connectivity index (χ3n) is 3.54. The number of nitrogens with zero attached hydrogens (tertiary/aromatic N) is 1. The molecule has 0 aliphatic carbocycles. The molecule has 0 spiro atoms. The van der Waals surface area contributed by atoms with Crippen LogP contribution in [-0.2, 0) is 0 Å². The minimum Gasteiger partial charge on any atom is -0.390 e. The minimum atomic E-state index is -0.258. The van der Waals surface area contributed by atoms with E-state index in [9.17, 15) is 5.11 Å². The molecule has 0 bridgehead atoms. The van der Waals surface area contributed by atoms with Crippen molar-refractivity contribution >= 4 is 0 Å². The molecule has 0 aliphatic rings. The van der Waals surface area contributed by atoms with Gasteiger partial charge in [0.1, 0.15) is 0 Å². The van der Waals surface area contributed by atoms with E-state index >= 15 is 0 Å². The molecule has 16 heavy (non-hydrogen) atoms. The number of aliphatic hydroxyl groups excluding tert-OH is 1. The smallest absolute Gasteiger partial charge is 0.0791 e. The molecule has 98 valence electrons. The van der Waals surface area contributed by atoms with Gasteiger partial charge in [-0.15, -0.1) is 0 Å². The Hall–Kier alpha value is -0.120. The molecule has 3 heteroatoms. The summed E-state index contributed by atoms with van der Waals surface area (Å²) >= 11 is 0. The van der Waals surface area contributed by atoms with Crippen molar-refractivity contribution in [3.05, 3.63) is 0 Å². The van der Waals surface area contributed by atoms with Gasteiger partial charge in [-0.1, -0.05) is 34.1 Å². The van der Waals surface area contributed by atoms with Crippen molar-refractivity contribution in [1.82, 2.24) is 10.2 Å². The predicted octanol–water partition coefficient (Wildman–Crippen LogP) is 1.71. The second-order valence-electron chi connectivity index (χ2n) is 4.72. The number of aliphatic hydroxyl groups is 1. The van der Waals surface area contributed by atoms with Gasteiger partial charge in [0.25, 0.3) is 0 Å². The average molecular weight is 230 g/mol. The summed E-state index contributed by atoms with van der Waals surface area (Å²) in [6.07, 6.45) is 0.923. The van der Waals surface area contributed by atoms with Crippen LogP contribution < -0.4 is 5.32 Å². The standard InChI is InChI=1S/C13H30N2O/c1-6-11(4)12(5)14-9-13(16)10-15(7-2)8-3/h11-14,16H,6-10H2,1-5H3. The molecule has 0 rings (SSSR count). The monoisotopic (exact) mass is 230 g/mol. The lowest BCUT2D eigenvalue weighted by atomic mass is 10.0. The summed E-state index contributed by atoms with van der Waals surface area (Å²) in [5.41, 5.74) is 0. The molecule has 0 fully saturated rings. The van der Waals surface area contributed by atoms with Gasteiger partial charge in [0.05, 0.1) is 6.10 Å². The van der Waals surface area contributed by atoms with Crippen LogP contribution in [0.2, 0.25) is 0 Å². The van der Waals surface area contributed by atoms with Crippen LogP contribution in [0.3, 0.4) is 0 Å². The van der Waals surface area contributed by atoms with Gasteiger partial charge >= 0.3 is 0 Å². The van der Waals surface area contributed by atoms with Crippen LogP contribution in [0.4, 0.5) is 0 Å². The maximum atomic E-state index is 9.88. The molecule has 3 nitrogen and oxygen atoms in total. The van der Waals surface area contributed by atoms with E-state index in [1.54, 1.807) is 0 Å². The molecular weight excluding hydrogens is 200 g/mol. The van der Waals surface area contributed by atoms with Crippen LogP contribution >= 0.6 is 0 Å². The highest BCUT2D eigenvalue weighted by Gasteiger charge is 2.13. The largest absolute Gasteiger partial charge is 0.390 e. The Morgan fingerprint density at radius 3 is 2.12 bits per heavy atom. The number of nitrogens with one attached hydrogen (secondary N) is 1. The molecule has 0 aliphatic heterocycles. The third kappa shape index (κ3) is 6.46. The summed E-state index contributed by atoms with van der Waals surface area (Å²) in [6.45, 7) is 14.4. The first-order chi connectivity index (χ1) is 7.54. The molecule has 0 radical (unpaired) electrons. The van der Waals surface area contributed by atoms with Crippen LogP contribution in [0.1, 0.15) is 41.0 Å². The van der Waals surface area contributed by atoms with Gasteiger partial charge < -0.3 is 15.3 Å². The zero-order valence-corrected chi connectivity index (χ0v) is 11.7. The van der Waals surface area contributed by atoms with Crippen molar-refractivity contribution in [1.29, 1.82) is 0 Å². The van der Waals surface area contributed by atoms with Crippen molar-refractivity contribution in [3.8, 4) is 0 Å². The first kappa shape index (κ1) is 15.9. The first-order valence-electron chi connectivity index (χ1n) is 6.68. The van der Waals surface area contributed by atoms with E-state index in [1.807, 2.05) is 0 Å². The SMILES string of the molecule is CCC(C)C(C)NCC(O)CN(CC)CC. The fraction of sp³-hybridized carbons (Fsp3) is 1.00. The highest BCUT2D eigenvalue weighted by molar-refractivity contribution is 4.71. The Balaban J connectivity index is 3.75. The lowest BCUT2D eigenvalue weighted by molar-refractivity contribution is 0.112. The van der Waals surface area contributed by atoms with Gasteiger partial charge in [0.15, 0.2) is 0 Å². The molecule has 0 saturated heterocycles. The van der Waals surface area contributed by atoms with Gasteiger partial charge in [-0.3, -0.25) is 0 Å². The van der Waals surface area contributed by atoms with Crippen LogP contribution in [0.5, 0.6) is 0 Å². The first-order valence-corrected chi connectivity index (χ1v) is 6.68. The van der Waals surface area contributed by atoms with Crippen molar-refractivity contribution in [3.63, 3.8) is 0 Å². The van der Waals surface area contributed by atoms with Crippen molar-refractivity contribution in [2.45, 2.75) is 53.2 Å². The van der Waals surface area contributed by atoms with Crippen LogP contribution in [0.15, 0.2) is 0 Å². The lowest BCUT2D eigenvalue weighted by Crippen LogP contribution is -2.42. The Labute approximate surface area is 101 Å². The number of hydrogen-bond acceptors (Lipinski definition) is 3.